The van der Waals surface area contributed by atoms with E-state index in [2.05, 4.69) is 39.2 Å². The maximum atomic E-state index is 6.45. The molecule has 1 saturated carbocycles. The van der Waals surface area contributed by atoms with E-state index in [-0.39, 0.29) is 11.0 Å². The standard InChI is InChI=1S/C15H28N2/c1-11-10-12(2)15(13(11)16)6-8-17(9-7-15)14(3,4)5/h11,13H,2,6-10,16H2,1,3-5H3/t11?,13-/m1/s1. The first-order valence-corrected chi connectivity index (χ1v) is 6.96. The van der Waals surface area contributed by atoms with Crippen LogP contribution >= 0.6 is 0 Å². The van der Waals surface area contributed by atoms with Crippen molar-refractivity contribution >= 4 is 0 Å². The zero-order valence-corrected chi connectivity index (χ0v) is 11.9. The molecular weight excluding hydrogens is 208 g/mol. The predicted octanol–water partition coefficient (Wildman–Crippen LogP) is 2.79. The van der Waals surface area contributed by atoms with Crippen LogP contribution in [0, 0.1) is 11.3 Å². The van der Waals surface area contributed by atoms with Gasteiger partial charge in [-0.2, -0.15) is 0 Å². The molecule has 1 heterocycles. The Labute approximate surface area is 106 Å². The highest BCUT2D eigenvalue weighted by Crippen LogP contribution is 2.51. The van der Waals surface area contributed by atoms with Crippen LogP contribution in [0.5, 0.6) is 0 Å². The smallest absolute Gasteiger partial charge is 0.0163 e. The summed E-state index contributed by atoms with van der Waals surface area (Å²) in [5, 5.41) is 0. The zero-order valence-electron chi connectivity index (χ0n) is 11.9. The Morgan fingerprint density at radius 2 is 1.82 bits per heavy atom. The van der Waals surface area contributed by atoms with Crippen LogP contribution < -0.4 is 5.73 Å². The molecule has 0 amide bonds. The second-order valence-corrected chi connectivity index (χ2v) is 7.12. The molecule has 98 valence electrons. The first-order valence-electron chi connectivity index (χ1n) is 6.96. The molecule has 0 radical (unpaired) electrons. The van der Waals surface area contributed by atoms with Crippen LogP contribution in [-0.4, -0.2) is 29.6 Å². The van der Waals surface area contributed by atoms with Gasteiger partial charge >= 0.3 is 0 Å². The molecule has 0 aromatic rings. The van der Waals surface area contributed by atoms with Crippen molar-refractivity contribution in [2.45, 2.75) is 58.5 Å². The molecule has 1 spiro atoms. The van der Waals surface area contributed by atoms with Crippen molar-refractivity contribution in [3.63, 3.8) is 0 Å². The molecule has 2 atom stereocenters. The minimum Gasteiger partial charge on any atom is -0.327 e. The first-order chi connectivity index (χ1) is 7.77. The summed E-state index contributed by atoms with van der Waals surface area (Å²) in [5.41, 5.74) is 8.42. The molecule has 2 fully saturated rings. The van der Waals surface area contributed by atoms with Gasteiger partial charge in [0.1, 0.15) is 0 Å². The summed E-state index contributed by atoms with van der Waals surface area (Å²) in [6, 6.07) is 0.331. The first kappa shape index (κ1) is 13.1. The summed E-state index contributed by atoms with van der Waals surface area (Å²) in [7, 11) is 0. The van der Waals surface area contributed by atoms with Gasteiger partial charge in [-0.15, -0.1) is 0 Å². The second-order valence-electron chi connectivity index (χ2n) is 7.12. The van der Waals surface area contributed by atoms with Crippen LogP contribution in [0.25, 0.3) is 0 Å². The largest absolute Gasteiger partial charge is 0.327 e. The molecular formula is C15H28N2. The molecule has 2 heteroatoms. The van der Waals surface area contributed by atoms with Gasteiger partial charge in [0, 0.05) is 17.0 Å². The molecule has 2 N–H and O–H groups in total. The molecule has 1 aliphatic carbocycles. The highest BCUT2D eigenvalue weighted by atomic mass is 15.2. The number of likely N-dealkylation sites (tertiary alicyclic amines) is 1. The fraction of sp³-hybridized carbons (Fsp3) is 0.867. The van der Waals surface area contributed by atoms with Crippen molar-refractivity contribution < 1.29 is 0 Å². The third-order valence-corrected chi connectivity index (χ3v) is 5.13. The Kier molecular flexibility index (Phi) is 3.16. The topological polar surface area (TPSA) is 29.3 Å². The number of nitrogens with zero attached hydrogens (tertiary/aromatic N) is 1. The number of nitrogens with two attached hydrogens (primary N) is 1. The summed E-state index contributed by atoms with van der Waals surface area (Å²) >= 11 is 0. The van der Waals surface area contributed by atoms with Crippen molar-refractivity contribution in [3.05, 3.63) is 12.2 Å². The van der Waals surface area contributed by atoms with Gasteiger partial charge in [-0.1, -0.05) is 19.1 Å². The van der Waals surface area contributed by atoms with Crippen LogP contribution in [0.4, 0.5) is 0 Å². The molecule has 2 aliphatic rings. The van der Waals surface area contributed by atoms with E-state index < -0.39 is 0 Å². The highest BCUT2D eigenvalue weighted by molar-refractivity contribution is 5.23. The monoisotopic (exact) mass is 236 g/mol. The lowest BCUT2D eigenvalue weighted by atomic mass is 9.71. The van der Waals surface area contributed by atoms with Crippen LogP contribution in [0.1, 0.15) is 47.0 Å². The Bertz CT molecular complexity index is 305. The maximum absolute atomic E-state index is 6.45. The molecule has 0 bridgehead atoms. The van der Waals surface area contributed by atoms with Gasteiger partial charge in [0.25, 0.3) is 0 Å². The molecule has 2 nitrogen and oxygen atoms in total. The van der Waals surface area contributed by atoms with Crippen LogP contribution in [0.2, 0.25) is 0 Å². The van der Waals surface area contributed by atoms with E-state index in [9.17, 15) is 0 Å². The SMILES string of the molecule is C=C1CC(C)[C@@H](N)C12CCN(C(C)(C)C)CC2. The van der Waals surface area contributed by atoms with E-state index in [1.165, 1.54) is 31.5 Å². The van der Waals surface area contributed by atoms with E-state index in [4.69, 9.17) is 5.73 Å². The third kappa shape index (κ3) is 2.06. The minimum atomic E-state index is 0.251. The average Bonchev–Trinajstić information content (AvgIpc) is 2.43. The minimum absolute atomic E-state index is 0.251. The van der Waals surface area contributed by atoms with E-state index in [1.54, 1.807) is 0 Å². The Balaban J connectivity index is 2.10. The van der Waals surface area contributed by atoms with Crippen molar-refractivity contribution in [2.75, 3.05) is 13.1 Å². The van der Waals surface area contributed by atoms with Crippen molar-refractivity contribution in [3.8, 4) is 0 Å². The third-order valence-electron chi connectivity index (χ3n) is 5.13. The average molecular weight is 236 g/mol. The highest BCUT2D eigenvalue weighted by Gasteiger charge is 2.49. The normalized spacial score (nSPS) is 34.5. The predicted molar refractivity (Wildman–Crippen MR) is 73.9 cm³/mol. The van der Waals surface area contributed by atoms with E-state index in [0.717, 1.165) is 6.42 Å². The van der Waals surface area contributed by atoms with Gasteiger partial charge in [0.05, 0.1) is 0 Å². The van der Waals surface area contributed by atoms with Gasteiger partial charge in [0.15, 0.2) is 0 Å². The van der Waals surface area contributed by atoms with Gasteiger partial charge in [-0.3, -0.25) is 4.90 Å². The molecule has 17 heavy (non-hydrogen) atoms. The lowest BCUT2D eigenvalue weighted by molar-refractivity contribution is 0.0511. The summed E-state index contributed by atoms with van der Waals surface area (Å²) < 4.78 is 0. The van der Waals surface area contributed by atoms with Crippen LogP contribution in [-0.2, 0) is 0 Å². The Morgan fingerprint density at radius 1 is 1.29 bits per heavy atom. The van der Waals surface area contributed by atoms with Crippen molar-refractivity contribution in [1.82, 2.24) is 4.90 Å². The van der Waals surface area contributed by atoms with Gasteiger partial charge in [0.2, 0.25) is 0 Å². The molecule has 2 rings (SSSR count). The van der Waals surface area contributed by atoms with E-state index in [0.29, 0.717) is 12.0 Å². The molecule has 1 saturated heterocycles. The molecule has 0 aromatic carbocycles. The Morgan fingerprint density at radius 3 is 2.18 bits per heavy atom. The molecule has 1 aliphatic heterocycles. The quantitative estimate of drug-likeness (QED) is 0.655. The maximum Gasteiger partial charge on any atom is 0.0163 e. The summed E-state index contributed by atoms with van der Waals surface area (Å²) in [4.78, 5) is 2.58. The zero-order chi connectivity index (χ0) is 12.8. The fourth-order valence-corrected chi connectivity index (χ4v) is 3.76. The number of piperidine rings is 1. The lowest BCUT2D eigenvalue weighted by Crippen LogP contribution is -2.53. The second kappa shape index (κ2) is 4.10. The fourth-order valence-electron chi connectivity index (χ4n) is 3.76. The summed E-state index contributed by atoms with van der Waals surface area (Å²) in [5.74, 6) is 0.615. The summed E-state index contributed by atoms with van der Waals surface area (Å²) in [6.45, 7) is 15.8. The van der Waals surface area contributed by atoms with Crippen LogP contribution in [0.3, 0.4) is 0 Å². The van der Waals surface area contributed by atoms with Crippen molar-refractivity contribution in [1.29, 1.82) is 0 Å². The lowest BCUT2D eigenvalue weighted by Gasteiger charge is -2.47. The van der Waals surface area contributed by atoms with Crippen molar-refractivity contribution in [2.24, 2.45) is 17.1 Å². The van der Waals surface area contributed by atoms with Crippen LogP contribution in [0.15, 0.2) is 12.2 Å². The van der Waals surface area contributed by atoms with E-state index in [1.807, 2.05) is 0 Å². The van der Waals surface area contributed by atoms with Gasteiger partial charge in [-0.25, -0.2) is 0 Å². The number of hydrogen-bond donors (Lipinski definition) is 1. The number of hydrogen-bond acceptors (Lipinski definition) is 2. The molecule has 1 unspecified atom stereocenters. The van der Waals surface area contributed by atoms with Gasteiger partial charge in [-0.05, 0) is 59.0 Å². The summed E-state index contributed by atoms with van der Waals surface area (Å²) in [6.07, 6.45) is 3.54. The van der Waals surface area contributed by atoms with Gasteiger partial charge < -0.3 is 5.73 Å². The van der Waals surface area contributed by atoms with E-state index >= 15 is 0 Å². The number of rotatable bonds is 0. The molecule has 0 aromatic heterocycles. The Hall–Kier alpha value is -0.340.